The van der Waals surface area contributed by atoms with E-state index in [1.54, 1.807) is 0 Å². The van der Waals surface area contributed by atoms with Crippen LogP contribution in [0, 0.1) is 0 Å². The maximum Gasteiger partial charge on any atom is 0.0681 e. The Bertz CT molecular complexity index is 3100. The summed E-state index contributed by atoms with van der Waals surface area (Å²) in [5.41, 5.74) is 13.2. The van der Waals surface area contributed by atoms with E-state index in [4.69, 9.17) is 10.7 Å². The van der Waals surface area contributed by atoms with Crippen molar-refractivity contribution in [2.75, 3.05) is 0 Å². The van der Waals surface area contributed by atoms with Gasteiger partial charge in [-0.05, 0) is 105 Å². The van der Waals surface area contributed by atoms with Crippen LogP contribution in [0.2, 0.25) is 0 Å². The monoisotopic (exact) mass is 688 g/mol. The van der Waals surface area contributed by atoms with Crippen LogP contribution in [0.15, 0.2) is 199 Å². The third-order valence-corrected chi connectivity index (χ3v) is 10.9. The van der Waals surface area contributed by atoms with Crippen LogP contribution in [-0.2, 0) is 0 Å². The zero-order valence-corrected chi connectivity index (χ0v) is 29.7. The first kappa shape index (κ1) is 31.8. The largest absolute Gasteiger partial charge is 0.321 e. The third kappa shape index (κ3) is 5.61. The third-order valence-electron chi connectivity index (χ3n) is 10.9. The Labute approximate surface area is 314 Å². The summed E-state index contributed by atoms with van der Waals surface area (Å²) in [5, 5.41) is 15.0. The molecule has 0 aliphatic rings. The Hall–Kier alpha value is -6.87. The van der Waals surface area contributed by atoms with Crippen LogP contribution in [0.25, 0.3) is 81.5 Å². The van der Waals surface area contributed by atoms with E-state index >= 15 is 0 Å². The predicted octanol–water partition coefficient (Wildman–Crippen LogP) is 13.4. The number of aliphatic imine (C=N–C) groups is 1. The van der Waals surface area contributed by atoms with Crippen LogP contribution in [-0.4, -0.2) is 6.21 Å². The van der Waals surface area contributed by atoms with Gasteiger partial charge in [-0.25, -0.2) is 0 Å². The molecule has 0 radical (unpaired) electrons. The highest BCUT2D eigenvalue weighted by Gasteiger charge is 2.13. The SMILES string of the molecule is NC(/C=C(\N=C\c1ccc(-c2c3ccccc3cc3c2ccc2ccccc23)cc1)c1ccc2c(ccc3c4ccccc4ccc23)c1)c1ccccc1. The van der Waals surface area contributed by atoms with Crippen molar-refractivity contribution in [2.45, 2.75) is 6.04 Å². The quantitative estimate of drug-likeness (QED) is 0.105. The van der Waals surface area contributed by atoms with Gasteiger partial charge in [0.05, 0.1) is 11.7 Å². The van der Waals surface area contributed by atoms with E-state index in [1.165, 1.54) is 75.8 Å². The summed E-state index contributed by atoms with van der Waals surface area (Å²) in [7, 11) is 0. The molecule has 1 atom stereocenters. The minimum atomic E-state index is -0.310. The molecule has 0 saturated carbocycles. The molecule has 0 fully saturated rings. The number of nitrogens with zero attached hydrogens (tertiary/aromatic N) is 1. The molecule has 2 N–H and O–H groups in total. The number of fused-ring (bicyclic) bond motifs is 9. The van der Waals surface area contributed by atoms with Gasteiger partial charge in [0.25, 0.3) is 0 Å². The van der Waals surface area contributed by atoms with E-state index in [1.807, 2.05) is 24.4 Å². The summed E-state index contributed by atoms with van der Waals surface area (Å²) >= 11 is 0. The second-order valence-electron chi connectivity index (χ2n) is 14.1. The zero-order chi connectivity index (χ0) is 36.0. The second kappa shape index (κ2) is 13.3. The van der Waals surface area contributed by atoms with Crippen molar-refractivity contribution in [2.24, 2.45) is 10.7 Å². The summed E-state index contributed by atoms with van der Waals surface area (Å²) in [6.45, 7) is 0. The van der Waals surface area contributed by atoms with E-state index in [2.05, 4.69) is 176 Å². The van der Waals surface area contributed by atoms with Gasteiger partial charge in [-0.3, -0.25) is 4.99 Å². The van der Waals surface area contributed by atoms with Gasteiger partial charge in [0.15, 0.2) is 0 Å². The molecule has 54 heavy (non-hydrogen) atoms. The highest BCUT2D eigenvalue weighted by Crippen LogP contribution is 2.39. The molecule has 0 saturated heterocycles. The minimum absolute atomic E-state index is 0.310. The molecule has 10 rings (SSSR count). The summed E-state index contributed by atoms with van der Waals surface area (Å²) < 4.78 is 0. The molecule has 2 nitrogen and oxygen atoms in total. The molecular weight excluding hydrogens is 653 g/mol. The highest BCUT2D eigenvalue weighted by molar-refractivity contribution is 6.20. The molecule has 0 aromatic heterocycles. The fourth-order valence-electron chi connectivity index (χ4n) is 8.15. The first-order valence-electron chi connectivity index (χ1n) is 18.5. The average molecular weight is 689 g/mol. The molecule has 2 heteroatoms. The fourth-order valence-corrected chi connectivity index (χ4v) is 8.15. The lowest BCUT2D eigenvalue weighted by Crippen LogP contribution is -2.07. The highest BCUT2D eigenvalue weighted by atomic mass is 14.7. The van der Waals surface area contributed by atoms with Gasteiger partial charge < -0.3 is 5.73 Å². The Morgan fingerprint density at radius 1 is 0.426 bits per heavy atom. The lowest BCUT2D eigenvalue weighted by atomic mass is 9.89. The van der Waals surface area contributed by atoms with Gasteiger partial charge in [0.2, 0.25) is 0 Å². The molecule has 10 aromatic carbocycles. The average Bonchev–Trinajstić information content (AvgIpc) is 3.24. The molecule has 0 aliphatic carbocycles. The van der Waals surface area contributed by atoms with Gasteiger partial charge in [0, 0.05) is 11.8 Å². The number of rotatable bonds is 6. The normalized spacial score (nSPS) is 12.9. The number of nitrogens with two attached hydrogens (primary N) is 1. The van der Waals surface area contributed by atoms with Crippen LogP contribution in [0.4, 0.5) is 0 Å². The summed E-state index contributed by atoms with van der Waals surface area (Å²) in [4.78, 5) is 5.13. The fraction of sp³-hybridized carbons (Fsp3) is 0.0192. The Balaban J connectivity index is 1.05. The van der Waals surface area contributed by atoms with Gasteiger partial charge in [-0.2, -0.15) is 0 Å². The Kier molecular flexibility index (Phi) is 7.83. The van der Waals surface area contributed by atoms with Crippen molar-refractivity contribution in [1.29, 1.82) is 0 Å². The molecular formula is C52H36N2. The maximum absolute atomic E-state index is 6.80. The van der Waals surface area contributed by atoms with Crippen molar-refractivity contribution >= 4 is 76.5 Å². The Morgan fingerprint density at radius 3 is 1.69 bits per heavy atom. The van der Waals surface area contributed by atoms with Crippen LogP contribution in [0.3, 0.4) is 0 Å². The molecule has 0 heterocycles. The van der Waals surface area contributed by atoms with Crippen LogP contribution >= 0.6 is 0 Å². The number of hydrogen-bond donors (Lipinski definition) is 1. The van der Waals surface area contributed by atoms with E-state index in [0.29, 0.717) is 0 Å². The smallest absolute Gasteiger partial charge is 0.0681 e. The molecule has 0 aliphatic heterocycles. The maximum atomic E-state index is 6.80. The van der Waals surface area contributed by atoms with Crippen molar-refractivity contribution in [3.05, 3.63) is 211 Å². The van der Waals surface area contributed by atoms with Crippen molar-refractivity contribution < 1.29 is 0 Å². The molecule has 0 amide bonds. The van der Waals surface area contributed by atoms with Crippen molar-refractivity contribution in [1.82, 2.24) is 0 Å². The first-order valence-corrected chi connectivity index (χ1v) is 18.5. The van der Waals surface area contributed by atoms with Crippen LogP contribution in [0.1, 0.15) is 22.7 Å². The lowest BCUT2D eigenvalue weighted by Gasteiger charge is -2.14. The van der Waals surface area contributed by atoms with Gasteiger partial charge in [-0.15, -0.1) is 0 Å². The van der Waals surface area contributed by atoms with Gasteiger partial charge >= 0.3 is 0 Å². The van der Waals surface area contributed by atoms with Crippen molar-refractivity contribution in [3.8, 4) is 11.1 Å². The number of hydrogen-bond acceptors (Lipinski definition) is 2. The molecule has 10 aromatic rings. The summed E-state index contributed by atoms with van der Waals surface area (Å²) in [6, 6.07) is 67.0. The molecule has 0 bridgehead atoms. The standard InChI is InChI=1S/C52H36N2/c53-50(37-12-2-1-3-13-37)32-51(41-25-26-44-40(30-41)24-28-46-42-15-7-4-10-35(42)22-27-47(44)46)54-33-34-18-20-38(21-19-34)52-45-17-9-6-14-39(45)31-49-43-16-8-5-11-36(43)23-29-48(49)52/h1-33,50H,53H2/b51-32-,54-33+. The zero-order valence-electron chi connectivity index (χ0n) is 29.7. The minimum Gasteiger partial charge on any atom is -0.321 e. The van der Waals surface area contributed by atoms with Crippen molar-refractivity contribution in [3.63, 3.8) is 0 Å². The predicted molar refractivity (Wildman–Crippen MR) is 232 cm³/mol. The second-order valence-corrected chi connectivity index (χ2v) is 14.1. The van der Waals surface area contributed by atoms with E-state index < -0.39 is 0 Å². The Morgan fingerprint density at radius 2 is 0.963 bits per heavy atom. The molecule has 0 spiro atoms. The molecule has 254 valence electrons. The molecule has 1 unspecified atom stereocenters. The topological polar surface area (TPSA) is 38.4 Å². The first-order chi connectivity index (χ1) is 26.7. The van der Waals surface area contributed by atoms with Crippen LogP contribution < -0.4 is 5.73 Å². The lowest BCUT2D eigenvalue weighted by molar-refractivity contribution is 0.911. The van der Waals surface area contributed by atoms with Gasteiger partial charge in [-0.1, -0.05) is 176 Å². The van der Waals surface area contributed by atoms with Gasteiger partial charge in [0.1, 0.15) is 0 Å². The van der Waals surface area contributed by atoms with E-state index in [-0.39, 0.29) is 6.04 Å². The van der Waals surface area contributed by atoms with E-state index in [9.17, 15) is 0 Å². The summed E-state index contributed by atoms with van der Waals surface area (Å²) in [6.07, 6.45) is 4.03. The van der Waals surface area contributed by atoms with E-state index in [0.717, 1.165) is 22.4 Å². The summed E-state index contributed by atoms with van der Waals surface area (Å²) in [5.74, 6) is 0. The van der Waals surface area contributed by atoms with Crippen LogP contribution in [0.5, 0.6) is 0 Å². The number of benzene rings is 10.